The molecule has 2 aromatic rings. The minimum absolute atomic E-state index is 0.0615. The molecule has 2 atom stereocenters. The molecule has 6 nitrogen and oxygen atoms in total. The van der Waals surface area contributed by atoms with Gasteiger partial charge in [0.05, 0.1) is 25.1 Å². The Morgan fingerprint density at radius 3 is 2.58 bits per heavy atom. The molecule has 138 valence electrons. The lowest BCUT2D eigenvalue weighted by Gasteiger charge is -2.36. The highest BCUT2D eigenvalue weighted by Crippen LogP contribution is 2.23. The molecule has 0 amide bonds. The van der Waals surface area contributed by atoms with Crippen molar-refractivity contribution < 1.29 is 14.3 Å². The molecule has 1 aliphatic rings. The summed E-state index contributed by atoms with van der Waals surface area (Å²) in [6, 6.07) is 9.09. The smallest absolute Gasteiger partial charge is 0.173 e. The van der Waals surface area contributed by atoms with Gasteiger partial charge in [0.15, 0.2) is 5.78 Å². The molecule has 0 spiro atoms. The number of thioether (sulfide) groups is 1. The number of benzene rings is 1. The maximum Gasteiger partial charge on any atom is 0.173 e. The van der Waals surface area contributed by atoms with Gasteiger partial charge >= 0.3 is 0 Å². The number of nitrogens with zero attached hydrogens (tertiary/aromatic N) is 3. The average molecular weight is 373 g/mol. The van der Waals surface area contributed by atoms with E-state index in [1.807, 2.05) is 6.07 Å². The number of rotatable bonds is 6. The lowest BCUT2D eigenvalue weighted by Crippen LogP contribution is -2.45. The van der Waals surface area contributed by atoms with E-state index < -0.39 is 0 Å². The first-order valence-electron chi connectivity index (χ1n) is 8.57. The van der Waals surface area contributed by atoms with Gasteiger partial charge in [0.25, 0.3) is 0 Å². The number of Topliss-reactive ketones (excluding diaryl/α,β-unsaturated/α-hetero) is 1. The first kappa shape index (κ1) is 18.7. The lowest BCUT2D eigenvalue weighted by molar-refractivity contribution is -0.00548. The topological polar surface area (TPSA) is 64.5 Å². The minimum Gasteiger partial charge on any atom is -0.497 e. The molecule has 2 unspecified atom stereocenters. The number of hydrogen-bond donors (Lipinski definition) is 0. The third-order valence-corrected chi connectivity index (χ3v) is 5.06. The van der Waals surface area contributed by atoms with E-state index in [0.29, 0.717) is 11.3 Å². The highest BCUT2D eigenvalue weighted by atomic mass is 32.2. The van der Waals surface area contributed by atoms with Crippen LogP contribution in [0.25, 0.3) is 0 Å². The Balaban J connectivity index is 1.62. The monoisotopic (exact) mass is 373 g/mol. The Kier molecular flexibility index (Phi) is 6.11. The van der Waals surface area contributed by atoms with Gasteiger partial charge in [-0.05, 0) is 38.1 Å². The second-order valence-corrected chi connectivity index (χ2v) is 7.31. The van der Waals surface area contributed by atoms with Gasteiger partial charge in [0.1, 0.15) is 22.9 Å². The summed E-state index contributed by atoms with van der Waals surface area (Å²) in [5, 5.41) is 0.795. The fourth-order valence-corrected chi connectivity index (χ4v) is 3.70. The van der Waals surface area contributed by atoms with Crippen LogP contribution in [0.5, 0.6) is 5.75 Å². The molecule has 1 aromatic carbocycles. The fourth-order valence-electron chi connectivity index (χ4n) is 2.95. The second-order valence-electron chi connectivity index (χ2n) is 6.32. The number of ether oxygens (including phenoxy) is 2. The molecule has 0 bridgehead atoms. The van der Waals surface area contributed by atoms with Crippen molar-refractivity contribution in [3.05, 3.63) is 42.2 Å². The Morgan fingerprint density at radius 1 is 1.23 bits per heavy atom. The van der Waals surface area contributed by atoms with Crippen molar-refractivity contribution in [1.82, 2.24) is 9.97 Å². The van der Waals surface area contributed by atoms with Crippen LogP contribution in [0.15, 0.2) is 41.7 Å². The van der Waals surface area contributed by atoms with E-state index in [9.17, 15) is 4.79 Å². The van der Waals surface area contributed by atoms with Crippen LogP contribution in [0, 0.1) is 0 Å². The summed E-state index contributed by atoms with van der Waals surface area (Å²) in [5.41, 5.74) is 0.670. The van der Waals surface area contributed by atoms with Crippen LogP contribution in [0.4, 0.5) is 5.82 Å². The summed E-state index contributed by atoms with van der Waals surface area (Å²) in [4.78, 5) is 23.2. The molecule has 0 radical (unpaired) electrons. The van der Waals surface area contributed by atoms with Crippen LogP contribution in [0.2, 0.25) is 0 Å². The third kappa shape index (κ3) is 4.74. The van der Waals surface area contributed by atoms with Crippen molar-refractivity contribution in [1.29, 1.82) is 0 Å². The predicted octanol–water partition coefficient (Wildman–Crippen LogP) is 3.07. The summed E-state index contributed by atoms with van der Waals surface area (Å²) >= 11 is 1.42. The summed E-state index contributed by atoms with van der Waals surface area (Å²) in [5.74, 6) is 2.01. The molecule has 0 aliphatic carbocycles. The molecule has 1 aliphatic heterocycles. The normalized spacial score (nSPS) is 20.0. The van der Waals surface area contributed by atoms with Gasteiger partial charge in [-0.15, -0.1) is 0 Å². The Bertz CT molecular complexity index is 744. The Labute approximate surface area is 157 Å². The maximum atomic E-state index is 12.4. The quantitative estimate of drug-likeness (QED) is 0.438. The van der Waals surface area contributed by atoms with Gasteiger partial charge < -0.3 is 14.4 Å². The zero-order valence-corrected chi connectivity index (χ0v) is 16.0. The number of ketones is 1. The first-order chi connectivity index (χ1) is 12.5. The number of methoxy groups -OCH3 is 1. The van der Waals surface area contributed by atoms with Gasteiger partial charge in [-0.25, -0.2) is 9.97 Å². The van der Waals surface area contributed by atoms with Gasteiger partial charge in [0, 0.05) is 24.7 Å². The summed E-state index contributed by atoms with van der Waals surface area (Å²) in [6.07, 6.45) is 1.89. The zero-order valence-electron chi connectivity index (χ0n) is 15.2. The molecule has 0 N–H and O–H groups in total. The van der Waals surface area contributed by atoms with Crippen LogP contribution >= 0.6 is 11.8 Å². The summed E-state index contributed by atoms with van der Waals surface area (Å²) in [6.45, 7) is 5.73. The molecule has 26 heavy (non-hydrogen) atoms. The standard InChI is InChI=1S/C19H23N3O3S/c1-13-9-22(10-14(2)25-13)18-8-19(21-12-20-18)26-11-17(23)15-4-6-16(24-3)7-5-15/h4-8,12-14H,9-11H2,1-3H3. The van der Waals surface area contributed by atoms with Crippen molar-refractivity contribution in [2.45, 2.75) is 31.1 Å². The van der Waals surface area contributed by atoms with Gasteiger partial charge in [0.2, 0.25) is 0 Å². The highest BCUT2D eigenvalue weighted by molar-refractivity contribution is 7.99. The van der Waals surface area contributed by atoms with E-state index in [-0.39, 0.29) is 18.0 Å². The predicted molar refractivity (Wildman–Crippen MR) is 102 cm³/mol. The van der Waals surface area contributed by atoms with Crippen LogP contribution in [-0.2, 0) is 4.74 Å². The molecule has 7 heteroatoms. The van der Waals surface area contributed by atoms with Crippen LogP contribution in [0.3, 0.4) is 0 Å². The van der Waals surface area contributed by atoms with E-state index >= 15 is 0 Å². The van der Waals surface area contributed by atoms with Gasteiger partial charge in [-0.1, -0.05) is 11.8 Å². The largest absolute Gasteiger partial charge is 0.497 e. The Morgan fingerprint density at radius 2 is 1.92 bits per heavy atom. The highest BCUT2D eigenvalue weighted by Gasteiger charge is 2.23. The second kappa shape index (κ2) is 8.51. The van der Waals surface area contributed by atoms with Gasteiger partial charge in [-0.2, -0.15) is 0 Å². The number of anilines is 1. The molecule has 1 fully saturated rings. The number of hydrogen-bond acceptors (Lipinski definition) is 7. The molecule has 0 saturated carbocycles. The minimum atomic E-state index is 0.0615. The zero-order chi connectivity index (χ0) is 18.5. The van der Waals surface area contributed by atoms with E-state index in [1.165, 1.54) is 11.8 Å². The molecule has 3 rings (SSSR count). The molecular formula is C19H23N3O3S. The Hall–Kier alpha value is -2.12. The average Bonchev–Trinajstić information content (AvgIpc) is 2.65. The van der Waals surface area contributed by atoms with Crippen LogP contribution in [-0.4, -0.2) is 53.9 Å². The first-order valence-corrected chi connectivity index (χ1v) is 9.56. The number of carbonyl (C=O) groups is 1. The molecular weight excluding hydrogens is 350 g/mol. The molecule has 1 saturated heterocycles. The van der Waals surface area contributed by atoms with Crippen LogP contribution in [0.1, 0.15) is 24.2 Å². The van der Waals surface area contributed by atoms with Crippen LogP contribution < -0.4 is 9.64 Å². The fraction of sp³-hybridized carbons (Fsp3) is 0.421. The van der Waals surface area contributed by atoms with E-state index in [4.69, 9.17) is 9.47 Å². The maximum absolute atomic E-state index is 12.4. The van der Waals surface area contributed by atoms with E-state index in [2.05, 4.69) is 28.7 Å². The van der Waals surface area contributed by atoms with E-state index in [0.717, 1.165) is 29.7 Å². The SMILES string of the molecule is COc1ccc(C(=O)CSc2cc(N3CC(C)OC(C)C3)ncn2)cc1. The number of aromatic nitrogens is 2. The van der Waals surface area contributed by atoms with Crippen molar-refractivity contribution in [3.63, 3.8) is 0 Å². The number of morpholine rings is 1. The molecule has 2 heterocycles. The lowest BCUT2D eigenvalue weighted by atomic mass is 10.1. The van der Waals surface area contributed by atoms with Crippen molar-refractivity contribution in [3.8, 4) is 5.75 Å². The number of carbonyl (C=O) groups excluding carboxylic acids is 1. The third-order valence-electron chi connectivity index (χ3n) is 4.13. The van der Waals surface area contributed by atoms with Crippen molar-refractivity contribution in [2.24, 2.45) is 0 Å². The summed E-state index contributed by atoms with van der Waals surface area (Å²) < 4.78 is 10.9. The van der Waals surface area contributed by atoms with Crippen molar-refractivity contribution in [2.75, 3.05) is 30.9 Å². The van der Waals surface area contributed by atoms with E-state index in [1.54, 1.807) is 37.7 Å². The molecule has 1 aromatic heterocycles. The van der Waals surface area contributed by atoms with Crippen molar-refractivity contribution >= 4 is 23.4 Å². The van der Waals surface area contributed by atoms with Gasteiger partial charge in [-0.3, -0.25) is 4.79 Å². The summed E-state index contributed by atoms with van der Waals surface area (Å²) in [7, 11) is 1.61.